The molecule has 0 heterocycles. The maximum Gasteiger partial charge on any atom is 0.510 e. The number of carbonyl (C=O) groups excluding carboxylic acids is 1. The Labute approximate surface area is 100 Å². The monoisotopic (exact) mass is 242 g/mol. The van der Waals surface area contributed by atoms with E-state index in [0.29, 0.717) is 6.61 Å². The van der Waals surface area contributed by atoms with Crippen molar-refractivity contribution in [1.82, 2.24) is 0 Å². The lowest BCUT2D eigenvalue weighted by atomic mass is 10.2. The lowest BCUT2D eigenvalue weighted by Gasteiger charge is -2.11. The van der Waals surface area contributed by atoms with Crippen LogP contribution in [0, 0.1) is 0 Å². The minimum absolute atomic E-state index is 0.369. The minimum atomic E-state index is -0.796. The van der Waals surface area contributed by atoms with E-state index < -0.39 is 11.7 Å². The lowest BCUT2D eigenvalue weighted by molar-refractivity contribution is 0.0447. The van der Waals surface area contributed by atoms with Crippen LogP contribution < -0.4 is 0 Å². The molecular formula is C12H15ClO3. The van der Waals surface area contributed by atoms with E-state index in [0.717, 1.165) is 18.4 Å². The first kappa shape index (κ1) is 12.8. The van der Waals surface area contributed by atoms with Gasteiger partial charge in [-0.25, -0.2) is 4.79 Å². The van der Waals surface area contributed by atoms with Gasteiger partial charge in [-0.15, -0.1) is 0 Å². The fourth-order valence-corrected chi connectivity index (χ4v) is 1.31. The van der Waals surface area contributed by atoms with E-state index >= 15 is 0 Å². The quantitative estimate of drug-likeness (QED) is 0.447. The maximum atomic E-state index is 11.2. The van der Waals surface area contributed by atoms with Gasteiger partial charge >= 0.3 is 6.16 Å². The predicted octanol–water partition coefficient (Wildman–Crippen LogP) is 3.88. The van der Waals surface area contributed by atoms with Gasteiger partial charge in [0.1, 0.15) is 0 Å². The molecule has 0 amide bonds. The van der Waals surface area contributed by atoms with Crippen molar-refractivity contribution in [2.45, 2.75) is 25.3 Å². The molecule has 1 rings (SSSR count). The summed E-state index contributed by atoms with van der Waals surface area (Å²) in [5, 5.41) is 0. The van der Waals surface area contributed by atoms with Gasteiger partial charge in [0, 0.05) is 5.56 Å². The normalized spacial score (nSPS) is 11.9. The Balaban J connectivity index is 2.34. The van der Waals surface area contributed by atoms with E-state index in [1.165, 1.54) is 0 Å². The summed E-state index contributed by atoms with van der Waals surface area (Å²) in [4.78, 5) is 11.2. The zero-order valence-electron chi connectivity index (χ0n) is 9.19. The predicted molar refractivity (Wildman–Crippen MR) is 62.4 cm³/mol. The van der Waals surface area contributed by atoms with Crippen LogP contribution in [0.15, 0.2) is 30.3 Å². The van der Waals surface area contributed by atoms with Gasteiger partial charge in [0.15, 0.2) is 0 Å². The molecule has 1 aromatic rings. The van der Waals surface area contributed by atoms with Crippen LogP contribution in [0.1, 0.15) is 30.9 Å². The molecular weight excluding hydrogens is 228 g/mol. The number of halogens is 1. The first-order valence-electron chi connectivity index (χ1n) is 5.26. The molecule has 0 spiro atoms. The Bertz CT molecular complexity index is 313. The number of hydrogen-bond acceptors (Lipinski definition) is 3. The van der Waals surface area contributed by atoms with E-state index in [-0.39, 0.29) is 0 Å². The van der Waals surface area contributed by atoms with Crippen molar-refractivity contribution in [2.75, 3.05) is 6.61 Å². The Morgan fingerprint density at radius 2 is 2.06 bits per heavy atom. The standard InChI is InChI=1S/C12H15ClO3/c1-2-3-9-15-12(14)16-11(13)10-7-5-4-6-8-10/h4-8,11H,2-3,9H2,1H3. The second-order valence-corrected chi connectivity index (χ2v) is 3.69. The number of rotatable bonds is 5. The Kier molecular flexibility index (Phi) is 5.72. The largest absolute Gasteiger partial charge is 0.510 e. The molecule has 1 unspecified atom stereocenters. The first-order valence-corrected chi connectivity index (χ1v) is 5.70. The lowest BCUT2D eigenvalue weighted by Crippen LogP contribution is -2.10. The molecule has 0 aliphatic carbocycles. The Morgan fingerprint density at radius 1 is 1.38 bits per heavy atom. The number of carbonyl (C=O) groups is 1. The zero-order valence-corrected chi connectivity index (χ0v) is 9.94. The SMILES string of the molecule is CCCCOC(=O)OC(Cl)c1ccccc1. The van der Waals surface area contributed by atoms with Crippen LogP contribution in [0.5, 0.6) is 0 Å². The van der Waals surface area contributed by atoms with Crippen LogP contribution in [-0.4, -0.2) is 12.8 Å². The second kappa shape index (κ2) is 7.12. The summed E-state index contributed by atoms with van der Waals surface area (Å²) in [5.41, 5.74) is -0.0630. The van der Waals surface area contributed by atoms with E-state index in [9.17, 15) is 4.79 Å². The van der Waals surface area contributed by atoms with Crippen molar-refractivity contribution in [3.63, 3.8) is 0 Å². The van der Waals surface area contributed by atoms with Crippen LogP contribution in [0.2, 0.25) is 0 Å². The van der Waals surface area contributed by atoms with Crippen molar-refractivity contribution >= 4 is 17.8 Å². The number of hydrogen-bond donors (Lipinski definition) is 0. The zero-order chi connectivity index (χ0) is 11.8. The molecule has 3 nitrogen and oxygen atoms in total. The van der Waals surface area contributed by atoms with Gasteiger partial charge in [0.05, 0.1) is 6.61 Å². The summed E-state index contributed by atoms with van der Waals surface area (Å²) < 4.78 is 9.72. The first-order chi connectivity index (χ1) is 7.74. The van der Waals surface area contributed by atoms with E-state index in [2.05, 4.69) is 0 Å². The van der Waals surface area contributed by atoms with Crippen molar-refractivity contribution in [3.8, 4) is 0 Å². The minimum Gasteiger partial charge on any atom is -0.434 e. The van der Waals surface area contributed by atoms with E-state index in [4.69, 9.17) is 21.1 Å². The molecule has 0 N–H and O–H groups in total. The average molecular weight is 243 g/mol. The highest BCUT2D eigenvalue weighted by Gasteiger charge is 2.13. The van der Waals surface area contributed by atoms with Gasteiger partial charge in [0.25, 0.3) is 0 Å². The van der Waals surface area contributed by atoms with Crippen LogP contribution >= 0.6 is 11.6 Å². The highest BCUT2D eigenvalue weighted by atomic mass is 35.5. The number of unbranched alkanes of at least 4 members (excludes halogenated alkanes) is 1. The highest BCUT2D eigenvalue weighted by Crippen LogP contribution is 2.21. The fraction of sp³-hybridized carbons (Fsp3) is 0.417. The van der Waals surface area contributed by atoms with Crippen molar-refractivity contribution < 1.29 is 14.3 Å². The van der Waals surface area contributed by atoms with Gasteiger partial charge < -0.3 is 9.47 Å². The summed E-state index contributed by atoms with van der Waals surface area (Å²) in [6, 6.07) is 9.10. The molecule has 1 atom stereocenters. The molecule has 4 heteroatoms. The summed E-state index contributed by atoms with van der Waals surface area (Å²) in [5.74, 6) is 0. The van der Waals surface area contributed by atoms with E-state index in [1.54, 1.807) is 12.1 Å². The van der Waals surface area contributed by atoms with Gasteiger partial charge in [0.2, 0.25) is 5.56 Å². The fourth-order valence-electron chi connectivity index (χ4n) is 1.09. The van der Waals surface area contributed by atoms with Crippen LogP contribution in [0.25, 0.3) is 0 Å². The summed E-state index contributed by atoms with van der Waals surface area (Å²) in [7, 11) is 0. The van der Waals surface area contributed by atoms with Crippen LogP contribution in [0.4, 0.5) is 4.79 Å². The van der Waals surface area contributed by atoms with Crippen LogP contribution in [-0.2, 0) is 9.47 Å². The summed E-state index contributed by atoms with van der Waals surface area (Å²) in [6.45, 7) is 2.39. The highest BCUT2D eigenvalue weighted by molar-refractivity contribution is 6.20. The summed E-state index contributed by atoms with van der Waals surface area (Å²) >= 11 is 5.89. The van der Waals surface area contributed by atoms with Crippen molar-refractivity contribution in [2.24, 2.45) is 0 Å². The molecule has 1 aromatic carbocycles. The number of benzene rings is 1. The Hall–Kier alpha value is -1.22. The molecule has 0 aliphatic rings. The van der Waals surface area contributed by atoms with Gasteiger partial charge in [-0.1, -0.05) is 55.3 Å². The number of ether oxygens (including phenoxy) is 2. The third kappa shape index (κ3) is 4.53. The molecule has 0 aromatic heterocycles. The molecule has 0 bridgehead atoms. The van der Waals surface area contributed by atoms with Gasteiger partial charge in [-0.05, 0) is 6.42 Å². The van der Waals surface area contributed by atoms with Crippen molar-refractivity contribution in [1.29, 1.82) is 0 Å². The molecule has 16 heavy (non-hydrogen) atoms. The smallest absolute Gasteiger partial charge is 0.434 e. The molecule has 0 aliphatic heterocycles. The molecule has 0 fully saturated rings. The molecule has 0 saturated carbocycles. The third-order valence-corrected chi connectivity index (χ3v) is 2.32. The average Bonchev–Trinajstić information content (AvgIpc) is 2.30. The second-order valence-electron chi connectivity index (χ2n) is 3.30. The van der Waals surface area contributed by atoms with Crippen molar-refractivity contribution in [3.05, 3.63) is 35.9 Å². The topological polar surface area (TPSA) is 35.5 Å². The Morgan fingerprint density at radius 3 is 2.69 bits per heavy atom. The molecule has 0 saturated heterocycles. The van der Waals surface area contributed by atoms with E-state index in [1.807, 2.05) is 25.1 Å². The van der Waals surface area contributed by atoms with Gasteiger partial charge in [-0.2, -0.15) is 0 Å². The van der Waals surface area contributed by atoms with Crippen LogP contribution in [0.3, 0.4) is 0 Å². The molecule has 88 valence electrons. The van der Waals surface area contributed by atoms with Gasteiger partial charge in [-0.3, -0.25) is 0 Å². The molecule has 0 radical (unpaired) electrons. The third-order valence-electron chi connectivity index (χ3n) is 1.98. The summed E-state index contributed by atoms with van der Waals surface area (Å²) in [6.07, 6.45) is 1.07. The maximum absolute atomic E-state index is 11.2. The number of alkyl halides is 1.